The molecule has 0 aromatic carbocycles. The van der Waals surface area contributed by atoms with E-state index in [4.69, 9.17) is 14.5 Å². The Hall–Kier alpha value is -0.490. The molecule has 0 amide bonds. The van der Waals surface area contributed by atoms with Crippen molar-refractivity contribution in [1.82, 2.24) is 10.3 Å². The van der Waals surface area contributed by atoms with Crippen molar-refractivity contribution in [3.8, 4) is 0 Å². The summed E-state index contributed by atoms with van der Waals surface area (Å²) in [6.07, 6.45) is 7.90. The van der Waals surface area contributed by atoms with Crippen LogP contribution >= 0.6 is 11.3 Å². The average molecular weight is 353 g/mol. The zero-order chi connectivity index (χ0) is 17.2. The SMILES string of the molecule is CCO[C@@H]1C[C@H](N[C@@H](C)c2sc(CCOC)nc2C)C12CCCC2. The molecular formula is C19H32N2O2S. The Morgan fingerprint density at radius 2 is 2.12 bits per heavy atom. The third kappa shape index (κ3) is 3.41. The number of nitrogens with one attached hydrogen (secondary N) is 1. The van der Waals surface area contributed by atoms with Gasteiger partial charge in [0.2, 0.25) is 0 Å². The predicted molar refractivity (Wildman–Crippen MR) is 98.7 cm³/mol. The highest BCUT2D eigenvalue weighted by Gasteiger charge is 2.56. The van der Waals surface area contributed by atoms with Crippen molar-refractivity contribution in [2.75, 3.05) is 20.3 Å². The van der Waals surface area contributed by atoms with Crippen molar-refractivity contribution in [2.24, 2.45) is 5.41 Å². The van der Waals surface area contributed by atoms with Crippen LogP contribution in [-0.2, 0) is 15.9 Å². The lowest BCUT2D eigenvalue weighted by Gasteiger charge is -2.55. The molecule has 3 rings (SSSR count). The summed E-state index contributed by atoms with van der Waals surface area (Å²) in [5, 5.41) is 5.11. The molecule has 5 heteroatoms. The summed E-state index contributed by atoms with van der Waals surface area (Å²) in [5.41, 5.74) is 1.56. The van der Waals surface area contributed by atoms with Crippen LogP contribution in [0.15, 0.2) is 0 Å². The summed E-state index contributed by atoms with van der Waals surface area (Å²) in [6, 6.07) is 0.958. The Kier molecular flexibility index (Phi) is 5.96. The van der Waals surface area contributed by atoms with Crippen molar-refractivity contribution < 1.29 is 9.47 Å². The Bertz CT molecular complexity index is 539. The third-order valence-corrected chi connectivity index (χ3v) is 7.33. The van der Waals surface area contributed by atoms with Crippen LogP contribution in [0, 0.1) is 12.3 Å². The van der Waals surface area contributed by atoms with E-state index in [1.54, 1.807) is 7.11 Å². The molecule has 0 radical (unpaired) electrons. The Balaban J connectivity index is 1.64. The number of aromatic nitrogens is 1. The van der Waals surface area contributed by atoms with Crippen LogP contribution in [0.25, 0.3) is 0 Å². The van der Waals surface area contributed by atoms with Gasteiger partial charge in [-0.1, -0.05) is 12.8 Å². The second-order valence-corrected chi connectivity index (χ2v) is 8.48. The molecule has 24 heavy (non-hydrogen) atoms. The molecule has 4 nitrogen and oxygen atoms in total. The van der Waals surface area contributed by atoms with Crippen LogP contribution in [0.3, 0.4) is 0 Å². The Labute approximate surface area is 150 Å². The maximum atomic E-state index is 6.04. The summed E-state index contributed by atoms with van der Waals surface area (Å²) in [4.78, 5) is 6.11. The third-order valence-electron chi connectivity index (χ3n) is 5.93. The fourth-order valence-corrected chi connectivity index (χ4v) is 5.72. The van der Waals surface area contributed by atoms with Crippen LogP contribution in [0.1, 0.15) is 67.6 Å². The number of ether oxygens (including phenoxy) is 2. The molecular weight excluding hydrogens is 320 g/mol. The lowest BCUT2D eigenvalue weighted by atomic mass is 9.60. The molecule has 0 bridgehead atoms. The number of methoxy groups -OCH3 is 1. The summed E-state index contributed by atoms with van der Waals surface area (Å²) in [5.74, 6) is 0. The van der Waals surface area contributed by atoms with Gasteiger partial charge < -0.3 is 14.8 Å². The topological polar surface area (TPSA) is 43.4 Å². The number of hydrogen-bond acceptors (Lipinski definition) is 5. The first kappa shape index (κ1) is 18.3. The largest absolute Gasteiger partial charge is 0.384 e. The van der Waals surface area contributed by atoms with Gasteiger partial charge in [-0.15, -0.1) is 11.3 Å². The summed E-state index contributed by atoms with van der Waals surface area (Å²) in [6.45, 7) is 8.13. The maximum Gasteiger partial charge on any atom is 0.0954 e. The van der Waals surface area contributed by atoms with Crippen LogP contribution < -0.4 is 5.32 Å². The zero-order valence-electron chi connectivity index (χ0n) is 15.6. The van der Waals surface area contributed by atoms with Gasteiger partial charge in [0.15, 0.2) is 0 Å². The minimum atomic E-state index is 0.365. The summed E-state index contributed by atoms with van der Waals surface area (Å²) in [7, 11) is 1.75. The van der Waals surface area contributed by atoms with E-state index in [1.165, 1.54) is 41.3 Å². The fraction of sp³-hybridized carbons (Fsp3) is 0.842. The molecule has 1 spiro atoms. The van der Waals surface area contributed by atoms with Gasteiger partial charge in [0.05, 0.1) is 23.4 Å². The predicted octanol–water partition coefficient (Wildman–Crippen LogP) is 4.03. The first-order valence-corrected chi connectivity index (χ1v) is 10.2. The molecule has 2 aliphatic carbocycles. The molecule has 1 N–H and O–H groups in total. The minimum absolute atomic E-state index is 0.365. The van der Waals surface area contributed by atoms with Crippen molar-refractivity contribution in [3.63, 3.8) is 0 Å². The van der Waals surface area contributed by atoms with Crippen molar-refractivity contribution in [2.45, 2.75) is 77.5 Å². The van der Waals surface area contributed by atoms with Crippen molar-refractivity contribution >= 4 is 11.3 Å². The molecule has 2 saturated carbocycles. The van der Waals surface area contributed by atoms with E-state index < -0.39 is 0 Å². The van der Waals surface area contributed by atoms with E-state index in [-0.39, 0.29) is 0 Å². The molecule has 136 valence electrons. The molecule has 0 saturated heterocycles. The van der Waals surface area contributed by atoms with Gasteiger partial charge in [0, 0.05) is 42.5 Å². The molecule has 1 aromatic rings. The number of aryl methyl sites for hydroxylation is 1. The van der Waals surface area contributed by atoms with Crippen LogP contribution in [0.4, 0.5) is 0 Å². The lowest BCUT2D eigenvalue weighted by Crippen LogP contribution is -2.62. The van der Waals surface area contributed by atoms with Gasteiger partial charge in [-0.3, -0.25) is 0 Å². The van der Waals surface area contributed by atoms with E-state index in [0.29, 0.717) is 23.6 Å². The highest BCUT2D eigenvalue weighted by Crippen LogP contribution is 2.55. The fourth-order valence-electron chi connectivity index (χ4n) is 4.66. The Morgan fingerprint density at radius 3 is 2.79 bits per heavy atom. The van der Waals surface area contributed by atoms with Gasteiger partial charge in [-0.25, -0.2) is 4.98 Å². The maximum absolute atomic E-state index is 6.04. The van der Waals surface area contributed by atoms with E-state index in [9.17, 15) is 0 Å². The van der Waals surface area contributed by atoms with Crippen LogP contribution in [0.2, 0.25) is 0 Å². The lowest BCUT2D eigenvalue weighted by molar-refractivity contribution is -0.132. The van der Waals surface area contributed by atoms with Crippen molar-refractivity contribution in [1.29, 1.82) is 0 Å². The molecule has 0 aliphatic heterocycles. The number of thiazole rings is 1. The standard InChI is InChI=1S/C19H32N2O2S/c1-5-23-16-12-15(19(16)9-6-7-10-19)20-13(2)18-14(3)21-17(24-18)8-11-22-4/h13,15-16,20H,5-12H2,1-4H3/t13-,15-,16+/m0/s1. The molecule has 3 atom stereocenters. The second-order valence-electron chi connectivity index (χ2n) is 7.36. The molecule has 2 fully saturated rings. The van der Waals surface area contributed by atoms with E-state index in [0.717, 1.165) is 26.1 Å². The number of hydrogen-bond donors (Lipinski definition) is 1. The van der Waals surface area contributed by atoms with E-state index in [1.807, 2.05) is 11.3 Å². The minimum Gasteiger partial charge on any atom is -0.384 e. The first-order valence-electron chi connectivity index (χ1n) is 9.43. The van der Waals surface area contributed by atoms with Crippen LogP contribution in [0.5, 0.6) is 0 Å². The van der Waals surface area contributed by atoms with Crippen LogP contribution in [-0.4, -0.2) is 37.5 Å². The highest BCUT2D eigenvalue weighted by atomic mass is 32.1. The second kappa shape index (κ2) is 7.81. The monoisotopic (exact) mass is 352 g/mol. The summed E-state index contributed by atoms with van der Waals surface area (Å²) >= 11 is 1.84. The normalized spacial score (nSPS) is 26.7. The van der Waals surface area contributed by atoms with Gasteiger partial charge in [0.25, 0.3) is 0 Å². The van der Waals surface area contributed by atoms with Gasteiger partial charge in [-0.2, -0.15) is 0 Å². The van der Waals surface area contributed by atoms with Gasteiger partial charge in [0.1, 0.15) is 0 Å². The quantitative estimate of drug-likeness (QED) is 0.767. The van der Waals surface area contributed by atoms with Gasteiger partial charge >= 0.3 is 0 Å². The molecule has 1 aromatic heterocycles. The van der Waals surface area contributed by atoms with Crippen molar-refractivity contribution in [3.05, 3.63) is 15.6 Å². The van der Waals surface area contributed by atoms with E-state index >= 15 is 0 Å². The Morgan fingerprint density at radius 1 is 1.38 bits per heavy atom. The average Bonchev–Trinajstić information content (AvgIpc) is 3.20. The molecule has 0 unspecified atom stereocenters. The number of rotatable bonds is 8. The van der Waals surface area contributed by atoms with E-state index in [2.05, 4.69) is 26.1 Å². The first-order chi connectivity index (χ1) is 11.6. The highest BCUT2D eigenvalue weighted by molar-refractivity contribution is 7.11. The molecule has 2 aliphatic rings. The number of nitrogens with zero attached hydrogens (tertiary/aromatic N) is 1. The zero-order valence-corrected chi connectivity index (χ0v) is 16.4. The smallest absolute Gasteiger partial charge is 0.0954 e. The summed E-state index contributed by atoms with van der Waals surface area (Å²) < 4.78 is 11.2. The molecule has 1 heterocycles. The van der Waals surface area contributed by atoms with Gasteiger partial charge in [-0.05, 0) is 40.0 Å².